The van der Waals surface area contributed by atoms with Crippen molar-refractivity contribution in [3.63, 3.8) is 0 Å². The summed E-state index contributed by atoms with van der Waals surface area (Å²) in [4.78, 5) is 72.0. The number of aliphatic hydroxyl groups is 1. The van der Waals surface area contributed by atoms with Crippen LogP contribution in [0.3, 0.4) is 0 Å². The lowest BCUT2D eigenvalue weighted by molar-refractivity contribution is -0.159. The Labute approximate surface area is 563 Å². The Morgan fingerprint density at radius 3 is 1.75 bits per heavy atom. The van der Waals surface area contributed by atoms with Crippen LogP contribution in [0, 0.1) is 29.6 Å². The van der Waals surface area contributed by atoms with Gasteiger partial charge < -0.3 is 92.6 Å². The van der Waals surface area contributed by atoms with Crippen molar-refractivity contribution in [2.24, 2.45) is 22.7 Å². The van der Waals surface area contributed by atoms with E-state index in [4.69, 9.17) is 61.6 Å². The molecule has 26 heteroatoms. The normalized spacial score (nSPS) is 21.0. The number of carbonyl (C=O) groups is 5. The molecule has 95 heavy (non-hydrogen) atoms. The minimum absolute atomic E-state index is 0.0116. The lowest BCUT2D eigenvalue weighted by Gasteiger charge is -2.50. The maximum absolute atomic E-state index is 13.9. The van der Waals surface area contributed by atoms with Gasteiger partial charge in [-0.2, -0.15) is 0 Å². The first-order valence-electron chi connectivity index (χ1n) is 33.8. The van der Waals surface area contributed by atoms with Crippen LogP contribution in [-0.2, 0) is 98.5 Å². The number of aromatic nitrogens is 1. The maximum atomic E-state index is 13.9. The van der Waals surface area contributed by atoms with Crippen LogP contribution < -0.4 is 16.0 Å². The number of phenolic OH excluding ortho intramolecular Hbond substituents is 1. The number of ether oxygens (including phenoxy) is 13. The second-order valence-corrected chi connectivity index (χ2v) is 26.5. The molecule has 7 rings (SSSR count). The molecular formula is C69H105N5O20S. The number of nitrogens with zero attached hydrogens (tertiary/aromatic N) is 2. The zero-order chi connectivity index (χ0) is 67.7. The number of thiazole rings is 1. The molecule has 1 aliphatic heterocycles. The van der Waals surface area contributed by atoms with Crippen molar-refractivity contribution in [1.29, 1.82) is 0 Å². The summed E-state index contributed by atoms with van der Waals surface area (Å²) in [6.07, 6.45) is 5.68. The SMILES string of the molecule is Cc1ncsc1-c1ccc(CNC(=O)[C@@H]2C[C@@H](O)CN2C(=O)[C@@H](NC(=O)COCCOCCOCCOCC(=O)NCCOCCOCCOCCOCCOCCOCCOCCOCCC(=O)O[C@H]2CC[C@H]3[C@@H]4CCc5cc(O)ccc5[C@H]4CC[C@]23C)C(C)(C)C)cc1. The molecule has 4 aliphatic rings. The number of β-amino-alcohol motifs (C(OH)–C–C–N with tert-alkyl or cyclic N) is 1. The molecule has 2 saturated carbocycles. The summed E-state index contributed by atoms with van der Waals surface area (Å²) in [7, 11) is 0. The molecular weight excluding hydrogens is 1250 g/mol. The highest BCUT2D eigenvalue weighted by Gasteiger charge is 2.56. The van der Waals surface area contributed by atoms with E-state index in [2.05, 4.69) is 33.9 Å². The number of phenols is 1. The van der Waals surface area contributed by atoms with Crippen LogP contribution in [0.15, 0.2) is 48.0 Å². The Morgan fingerprint density at radius 1 is 0.663 bits per heavy atom. The van der Waals surface area contributed by atoms with Crippen LogP contribution in [-0.4, -0.2) is 246 Å². The molecule has 0 radical (unpaired) electrons. The fourth-order valence-corrected chi connectivity index (χ4v) is 13.7. The summed E-state index contributed by atoms with van der Waals surface area (Å²) in [6, 6.07) is 11.8. The van der Waals surface area contributed by atoms with Crippen molar-refractivity contribution >= 4 is 40.9 Å². The Hall–Kier alpha value is -5.30. The van der Waals surface area contributed by atoms with E-state index in [1.807, 2.05) is 64.1 Å². The highest BCUT2D eigenvalue weighted by Crippen LogP contribution is 2.61. The van der Waals surface area contributed by atoms with E-state index in [-0.39, 0.29) is 108 Å². The van der Waals surface area contributed by atoms with Crippen LogP contribution >= 0.6 is 11.3 Å². The number of aliphatic hydroxyl groups excluding tert-OH is 1. The van der Waals surface area contributed by atoms with Gasteiger partial charge in [-0.15, -0.1) is 11.3 Å². The Morgan fingerprint density at radius 2 is 1.20 bits per heavy atom. The number of amides is 4. The van der Waals surface area contributed by atoms with Gasteiger partial charge >= 0.3 is 5.97 Å². The molecule has 0 unspecified atom stereocenters. The summed E-state index contributed by atoms with van der Waals surface area (Å²) in [5.41, 5.74) is 6.68. The van der Waals surface area contributed by atoms with Crippen LogP contribution in [0.1, 0.15) is 101 Å². The molecule has 25 nitrogen and oxygen atoms in total. The molecule has 8 atom stereocenters. The Kier molecular flexibility index (Phi) is 33.9. The minimum Gasteiger partial charge on any atom is -0.508 e. The predicted molar refractivity (Wildman–Crippen MR) is 352 cm³/mol. The van der Waals surface area contributed by atoms with Gasteiger partial charge in [0.15, 0.2) is 0 Å². The average Bonchev–Trinajstić information content (AvgIpc) is 1.69. The standard InChI is InChI=1S/C69H105N5O20S/c1-49-64(95-48-72-49)51-8-6-50(7-9-51)44-71-66(80)59-43-54(76)45-74(59)67(81)65(68(2,3)4)73-62(78)47-93-41-39-91-37-36-90-38-40-92-46-61(77)70-19-21-83-23-25-85-27-29-87-31-33-89-35-34-88-32-30-86-28-26-84-24-22-82-20-17-63(79)94-60-15-14-58-57-12-10-52-42-53(75)11-13-55(52)56(57)16-18-69(58,60)5/h6-9,11,13,42,48,54,56-60,65,75-76H,10,12,14-41,43-47H2,1-5H3,(H,70,77)(H,71,80)(H,73,78)/t54-,56-,57-,58+,59+,60+,65-,69+/m1/s1. The number of aromatic hydroxyl groups is 1. The molecule has 2 aromatic carbocycles. The van der Waals surface area contributed by atoms with Gasteiger partial charge in [-0.05, 0) is 103 Å². The summed E-state index contributed by atoms with van der Waals surface area (Å²) in [6.45, 7) is 17.8. The monoisotopic (exact) mass is 1360 g/mol. The Bertz CT molecular complexity index is 2750. The third kappa shape index (κ3) is 26.1. The van der Waals surface area contributed by atoms with Crippen molar-refractivity contribution in [2.45, 2.75) is 123 Å². The van der Waals surface area contributed by atoms with E-state index < -0.39 is 35.4 Å². The van der Waals surface area contributed by atoms with E-state index in [0.29, 0.717) is 136 Å². The zero-order valence-electron chi connectivity index (χ0n) is 56.5. The molecule has 3 fully saturated rings. The second kappa shape index (κ2) is 41.8. The molecule has 1 saturated heterocycles. The fourth-order valence-electron chi connectivity index (χ4n) is 12.9. The summed E-state index contributed by atoms with van der Waals surface area (Å²) in [5, 5.41) is 29.0. The fraction of sp³-hybridized carbons (Fsp3) is 0.710. The number of carbonyl (C=O) groups excluding carboxylic acids is 5. The first-order chi connectivity index (χ1) is 46.0. The first-order valence-corrected chi connectivity index (χ1v) is 34.7. The first kappa shape index (κ1) is 77.1. The van der Waals surface area contributed by atoms with Gasteiger partial charge in [0, 0.05) is 31.5 Å². The van der Waals surface area contributed by atoms with Crippen molar-refractivity contribution in [3.05, 3.63) is 70.4 Å². The van der Waals surface area contributed by atoms with Gasteiger partial charge in [0.25, 0.3) is 0 Å². The number of likely N-dealkylation sites (tertiary alicyclic amines) is 1. The van der Waals surface area contributed by atoms with Crippen LogP contribution in [0.5, 0.6) is 5.75 Å². The average molecular weight is 1360 g/mol. The van der Waals surface area contributed by atoms with E-state index in [1.54, 1.807) is 16.8 Å². The topological polar surface area (TPSA) is 298 Å². The number of hydrogen-bond donors (Lipinski definition) is 5. The molecule has 3 aliphatic carbocycles. The number of aryl methyl sites for hydroxylation is 2. The van der Waals surface area contributed by atoms with E-state index in [9.17, 15) is 34.2 Å². The van der Waals surface area contributed by atoms with E-state index in [1.165, 1.54) is 16.0 Å². The third-order valence-corrected chi connectivity index (χ3v) is 18.8. The number of nitrogens with one attached hydrogen (secondary N) is 3. The van der Waals surface area contributed by atoms with Crippen molar-refractivity contribution in [1.82, 2.24) is 25.8 Å². The highest BCUT2D eigenvalue weighted by molar-refractivity contribution is 7.13. The molecule has 0 bridgehead atoms. The van der Waals surface area contributed by atoms with Gasteiger partial charge in [0.05, 0.1) is 174 Å². The molecule has 4 amide bonds. The lowest BCUT2D eigenvalue weighted by atomic mass is 9.55. The van der Waals surface area contributed by atoms with Gasteiger partial charge in [0.1, 0.15) is 37.2 Å². The van der Waals surface area contributed by atoms with Crippen LogP contribution in [0.25, 0.3) is 10.4 Å². The smallest absolute Gasteiger partial charge is 0.308 e. The summed E-state index contributed by atoms with van der Waals surface area (Å²) < 4.78 is 72.5. The number of benzene rings is 2. The number of hydrogen-bond acceptors (Lipinski definition) is 22. The minimum atomic E-state index is -0.984. The van der Waals surface area contributed by atoms with Crippen LogP contribution in [0.2, 0.25) is 0 Å². The van der Waals surface area contributed by atoms with E-state index >= 15 is 0 Å². The van der Waals surface area contributed by atoms with Crippen molar-refractivity contribution in [2.75, 3.05) is 172 Å². The van der Waals surface area contributed by atoms with Crippen molar-refractivity contribution < 1.29 is 95.8 Å². The second-order valence-electron chi connectivity index (χ2n) is 25.7. The molecule has 5 N–H and O–H groups in total. The molecule has 1 aromatic heterocycles. The number of rotatable bonds is 47. The van der Waals surface area contributed by atoms with Crippen LogP contribution in [0.4, 0.5) is 0 Å². The quantitative estimate of drug-likeness (QED) is 0.0363. The van der Waals surface area contributed by atoms with Gasteiger partial charge in [-0.1, -0.05) is 58.0 Å². The number of fused-ring (bicyclic) bond motifs is 5. The summed E-state index contributed by atoms with van der Waals surface area (Å²) >= 11 is 1.56. The largest absolute Gasteiger partial charge is 0.508 e. The van der Waals surface area contributed by atoms with Gasteiger partial charge in [-0.3, -0.25) is 24.0 Å². The lowest BCUT2D eigenvalue weighted by Crippen LogP contribution is -2.58. The van der Waals surface area contributed by atoms with Gasteiger partial charge in [0.2, 0.25) is 23.6 Å². The molecule has 2 heterocycles. The molecule has 0 spiro atoms. The molecule has 532 valence electrons. The summed E-state index contributed by atoms with van der Waals surface area (Å²) in [5.74, 6) is 0.214. The third-order valence-electron chi connectivity index (χ3n) is 17.8. The molecule has 3 aromatic rings. The van der Waals surface area contributed by atoms with E-state index in [0.717, 1.165) is 60.2 Å². The highest BCUT2D eigenvalue weighted by atomic mass is 32.1. The zero-order valence-corrected chi connectivity index (χ0v) is 57.3. The predicted octanol–water partition coefficient (Wildman–Crippen LogP) is 5.11. The number of esters is 1. The maximum Gasteiger partial charge on any atom is 0.308 e. The van der Waals surface area contributed by atoms with Crippen molar-refractivity contribution in [3.8, 4) is 16.2 Å². The van der Waals surface area contributed by atoms with Gasteiger partial charge in [-0.25, -0.2) is 4.98 Å². The Balaban J connectivity index is 0.556.